The lowest BCUT2D eigenvalue weighted by Crippen LogP contribution is -2.16. The molecule has 6 nitrogen and oxygen atoms in total. The van der Waals surface area contributed by atoms with Crippen molar-refractivity contribution in [1.82, 2.24) is 0 Å². The van der Waals surface area contributed by atoms with Crippen molar-refractivity contribution in [2.24, 2.45) is 0 Å². The summed E-state index contributed by atoms with van der Waals surface area (Å²) in [6, 6.07) is 0. The maximum Gasteiger partial charge on any atom is 0.308 e. The number of hydrogen-bond donors (Lipinski definition) is 1. The number of esters is 1. The number of carboxylic acids is 1. The first-order chi connectivity index (χ1) is 10.9. The van der Waals surface area contributed by atoms with Crippen LogP contribution in [0.4, 0.5) is 0 Å². The molecule has 134 valence electrons. The zero-order chi connectivity index (χ0) is 18.1. The molecule has 0 saturated carbocycles. The third-order valence-corrected chi connectivity index (χ3v) is 3.08. The first-order valence-corrected chi connectivity index (χ1v) is 7.51. The van der Waals surface area contributed by atoms with E-state index in [0.717, 1.165) is 25.7 Å². The first kappa shape index (κ1) is 23.6. The SMILES string of the molecule is C=CCC[C@H](CC(=O)O)OC.C=CCC[C@H](CC(=O)OC)OC. The Morgan fingerprint density at radius 2 is 1.39 bits per heavy atom. The zero-order valence-corrected chi connectivity index (χ0v) is 14.5. The minimum atomic E-state index is -0.819. The molecule has 0 aliphatic rings. The Hall–Kier alpha value is -1.66. The van der Waals surface area contributed by atoms with Crippen LogP contribution in [0, 0.1) is 0 Å². The summed E-state index contributed by atoms with van der Waals surface area (Å²) in [6.07, 6.45) is 6.94. The second kappa shape index (κ2) is 16.7. The number of methoxy groups -OCH3 is 3. The van der Waals surface area contributed by atoms with Crippen LogP contribution in [-0.2, 0) is 23.8 Å². The van der Waals surface area contributed by atoms with Gasteiger partial charge in [-0.25, -0.2) is 0 Å². The summed E-state index contributed by atoms with van der Waals surface area (Å²) in [5, 5.41) is 8.41. The smallest absolute Gasteiger partial charge is 0.308 e. The Morgan fingerprint density at radius 3 is 1.70 bits per heavy atom. The molecule has 0 saturated heterocycles. The van der Waals surface area contributed by atoms with Gasteiger partial charge < -0.3 is 19.3 Å². The van der Waals surface area contributed by atoms with Gasteiger partial charge in [0.2, 0.25) is 0 Å². The van der Waals surface area contributed by atoms with Gasteiger partial charge in [-0.2, -0.15) is 0 Å². The van der Waals surface area contributed by atoms with E-state index in [9.17, 15) is 9.59 Å². The van der Waals surface area contributed by atoms with Gasteiger partial charge in [-0.15, -0.1) is 13.2 Å². The zero-order valence-electron chi connectivity index (χ0n) is 14.5. The van der Waals surface area contributed by atoms with Crippen LogP contribution in [0.15, 0.2) is 25.3 Å². The van der Waals surface area contributed by atoms with Gasteiger partial charge in [-0.1, -0.05) is 12.2 Å². The van der Waals surface area contributed by atoms with Crippen LogP contribution in [0.25, 0.3) is 0 Å². The molecule has 0 aliphatic carbocycles. The summed E-state index contributed by atoms with van der Waals surface area (Å²) in [6.45, 7) is 7.14. The second-order valence-electron chi connectivity index (χ2n) is 4.83. The lowest BCUT2D eigenvalue weighted by molar-refractivity contribution is -0.143. The molecule has 0 amide bonds. The number of hydrogen-bond acceptors (Lipinski definition) is 5. The quantitative estimate of drug-likeness (QED) is 0.437. The van der Waals surface area contributed by atoms with Crippen molar-refractivity contribution in [2.75, 3.05) is 21.3 Å². The Bertz CT molecular complexity index is 340. The van der Waals surface area contributed by atoms with Gasteiger partial charge in [-0.05, 0) is 25.7 Å². The minimum Gasteiger partial charge on any atom is -0.481 e. The average molecular weight is 330 g/mol. The predicted molar refractivity (Wildman–Crippen MR) is 89.3 cm³/mol. The molecule has 0 rings (SSSR count). The molecule has 0 spiro atoms. The number of carboxylic acid groups (broad SMARTS) is 1. The monoisotopic (exact) mass is 330 g/mol. The maximum atomic E-state index is 10.8. The number of allylic oxidation sites excluding steroid dienone is 2. The molecule has 23 heavy (non-hydrogen) atoms. The molecule has 6 heteroatoms. The van der Waals surface area contributed by atoms with Crippen LogP contribution in [0.5, 0.6) is 0 Å². The second-order valence-corrected chi connectivity index (χ2v) is 4.83. The van der Waals surface area contributed by atoms with Crippen LogP contribution in [0.3, 0.4) is 0 Å². The standard InChI is InChI=1S/C9H16O3.C8H14O3/c1-4-5-6-8(11-2)7-9(10)12-3;1-3-4-5-7(11-2)6-8(9)10/h4,8H,1,5-7H2,2-3H3;3,7H,1,4-6H2,2H3,(H,9,10)/t8-;7-/m11/s1. The topological polar surface area (TPSA) is 82.1 Å². The average Bonchev–Trinajstić information content (AvgIpc) is 2.55. The van der Waals surface area contributed by atoms with Crippen LogP contribution in [0.1, 0.15) is 38.5 Å². The molecule has 0 aromatic heterocycles. The summed E-state index contributed by atoms with van der Waals surface area (Å²) >= 11 is 0. The highest BCUT2D eigenvalue weighted by atomic mass is 16.5. The van der Waals surface area contributed by atoms with E-state index in [1.165, 1.54) is 14.2 Å². The third-order valence-electron chi connectivity index (χ3n) is 3.08. The Morgan fingerprint density at radius 1 is 0.957 bits per heavy atom. The van der Waals surface area contributed by atoms with E-state index >= 15 is 0 Å². The highest BCUT2D eigenvalue weighted by Gasteiger charge is 2.12. The van der Waals surface area contributed by atoms with Gasteiger partial charge in [0.1, 0.15) is 0 Å². The molecule has 2 atom stereocenters. The van der Waals surface area contributed by atoms with E-state index in [1.807, 2.05) is 6.08 Å². The van der Waals surface area contributed by atoms with E-state index in [2.05, 4.69) is 17.9 Å². The highest BCUT2D eigenvalue weighted by Crippen LogP contribution is 2.07. The van der Waals surface area contributed by atoms with Crippen molar-refractivity contribution in [3.8, 4) is 0 Å². The van der Waals surface area contributed by atoms with E-state index in [4.69, 9.17) is 14.6 Å². The first-order valence-electron chi connectivity index (χ1n) is 7.51. The van der Waals surface area contributed by atoms with Gasteiger partial charge in [0.15, 0.2) is 0 Å². The fourth-order valence-electron chi connectivity index (χ4n) is 1.68. The summed E-state index contributed by atoms with van der Waals surface area (Å²) in [5.41, 5.74) is 0. The summed E-state index contributed by atoms with van der Waals surface area (Å²) in [7, 11) is 4.50. The van der Waals surface area contributed by atoms with Crippen LogP contribution in [-0.4, -0.2) is 50.6 Å². The molecule has 0 fully saturated rings. The molecule has 0 aromatic carbocycles. The Labute approximate surface area is 139 Å². The van der Waals surface area contributed by atoms with Crippen LogP contribution in [0.2, 0.25) is 0 Å². The van der Waals surface area contributed by atoms with Crippen molar-refractivity contribution in [2.45, 2.75) is 50.7 Å². The van der Waals surface area contributed by atoms with E-state index < -0.39 is 5.97 Å². The summed E-state index contributed by atoms with van der Waals surface area (Å²) < 4.78 is 14.5. The Balaban J connectivity index is 0. The highest BCUT2D eigenvalue weighted by molar-refractivity contribution is 5.69. The fraction of sp³-hybridized carbons (Fsp3) is 0.647. The fourth-order valence-corrected chi connectivity index (χ4v) is 1.68. The normalized spacial score (nSPS) is 12.3. The van der Waals surface area contributed by atoms with Gasteiger partial charge in [-0.3, -0.25) is 9.59 Å². The van der Waals surface area contributed by atoms with Crippen molar-refractivity contribution in [3.63, 3.8) is 0 Å². The molecule has 0 radical (unpaired) electrons. The molecule has 0 unspecified atom stereocenters. The third kappa shape index (κ3) is 16.5. The Kier molecular flexibility index (Phi) is 17.1. The number of carbonyl (C=O) groups is 2. The maximum absolute atomic E-state index is 10.8. The number of ether oxygens (including phenoxy) is 3. The van der Waals surface area contributed by atoms with Gasteiger partial charge in [0.05, 0.1) is 32.2 Å². The number of carbonyl (C=O) groups excluding carboxylic acids is 1. The largest absolute Gasteiger partial charge is 0.481 e. The molecule has 0 heterocycles. The van der Waals surface area contributed by atoms with Crippen molar-refractivity contribution >= 4 is 11.9 Å². The van der Waals surface area contributed by atoms with Crippen molar-refractivity contribution in [1.29, 1.82) is 0 Å². The van der Waals surface area contributed by atoms with E-state index in [1.54, 1.807) is 13.2 Å². The molecular formula is C17H30O6. The van der Waals surface area contributed by atoms with Gasteiger partial charge in [0.25, 0.3) is 0 Å². The van der Waals surface area contributed by atoms with E-state index in [-0.39, 0.29) is 24.6 Å². The van der Waals surface area contributed by atoms with Gasteiger partial charge in [0, 0.05) is 14.2 Å². The lowest BCUT2D eigenvalue weighted by atomic mass is 10.1. The number of rotatable bonds is 12. The molecular weight excluding hydrogens is 300 g/mol. The van der Waals surface area contributed by atoms with Gasteiger partial charge >= 0.3 is 11.9 Å². The van der Waals surface area contributed by atoms with E-state index in [0.29, 0.717) is 6.42 Å². The van der Waals surface area contributed by atoms with Crippen LogP contribution >= 0.6 is 0 Å². The summed E-state index contributed by atoms with van der Waals surface area (Å²) in [5.74, 6) is -1.05. The minimum absolute atomic E-state index is 0.0459. The van der Waals surface area contributed by atoms with Crippen molar-refractivity contribution < 1.29 is 28.9 Å². The van der Waals surface area contributed by atoms with Crippen LogP contribution < -0.4 is 0 Å². The molecule has 0 bridgehead atoms. The predicted octanol–water partition coefficient (Wildman–Crippen LogP) is 2.97. The lowest BCUT2D eigenvalue weighted by Gasteiger charge is -2.11. The molecule has 1 N–H and O–H groups in total. The number of aliphatic carboxylic acids is 1. The molecule has 0 aliphatic heterocycles. The van der Waals surface area contributed by atoms with Crippen molar-refractivity contribution in [3.05, 3.63) is 25.3 Å². The molecule has 0 aromatic rings. The summed E-state index contributed by atoms with van der Waals surface area (Å²) in [4.78, 5) is 21.0.